The highest BCUT2D eigenvalue weighted by Crippen LogP contribution is 2.20. The van der Waals surface area contributed by atoms with Crippen LogP contribution in [0.1, 0.15) is 19.8 Å². The summed E-state index contributed by atoms with van der Waals surface area (Å²) in [6.07, 6.45) is 5.18. The summed E-state index contributed by atoms with van der Waals surface area (Å²) in [6.45, 7) is 1.71. The fourth-order valence-corrected chi connectivity index (χ4v) is 1.52. The largest absolute Gasteiger partial charge is 0.465 e. The first-order valence-electron chi connectivity index (χ1n) is 5.96. The van der Waals surface area contributed by atoms with E-state index in [1.807, 2.05) is 0 Å². The van der Waals surface area contributed by atoms with Crippen molar-refractivity contribution in [3.8, 4) is 0 Å². The molecule has 0 aromatic heterocycles. The van der Waals surface area contributed by atoms with Crippen molar-refractivity contribution < 1.29 is 18.7 Å². The Balaban J connectivity index is 2.23. The lowest BCUT2D eigenvalue weighted by molar-refractivity contribution is -0.141. The number of allylic oxidation sites excluding steroid dienone is 4. The number of carbonyl (C=O) groups is 2. The Bertz CT molecular complexity index is 418. The Hall–Kier alpha value is -2.05. The van der Waals surface area contributed by atoms with E-state index in [0.29, 0.717) is 6.42 Å². The van der Waals surface area contributed by atoms with Crippen LogP contribution in [-0.2, 0) is 14.3 Å². The van der Waals surface area contributed by atoms with E-state index in [0.717, 1.165) is 0 Å². The van der Waals surface area contributed by atoms with Crippen LogP contribution in [0.3, 0.4) is 0 Å². The molecule has 1 N–H and O–H groups in total. The van der Waals surface area contributed by atoms with Gasteiger partial charge in [0.1, 0.15) is 5.83 Å². The molecular formula is C12H16FN3O3. The Kier molecular flexibility index (Phi) is 6.42. The molecule has 0 spiro atoms. The van der Waals surface area contributed by atoms with E-state index in [-0.39, 0.29) is 37.2 Å². The third-order valence-electron chi connectivity index (χ3n) is 2.31. The van der Waals surface area contributed by atoms with Crippen LogP contribution in [0, 0.1) is 5.92 Å². The van der Waals surface area contributed by atoms with Gasteiger partial charge in [-0.3, -0.25) is 4.79 Å². The summed E-state index contributed by atoms with van der Waals surface area (Å²) in [4.78, 5) is 22.3. The van der Waals surface area contributed by atoms with Crippen LogP contribution in [0.25, 0.3) is 0 Å². The minimum Gasteiger partial charge on any atom is -0.465 e. The zero-order chi connectivity index (χ0) is 14.1. The Morgan fingerprint density at radius 3 is 3.05 bits per heavy atom. The predicted octanol–water partition coefficient (Wildman–Crippen LogP) is 1.85. The lowest BCUT2D eigenvalue weighted by Gasteiger charge is -2.11. The fraction of sp³-hybridized carbons (Fsp3) is 0.500. The van der Waals surface area contributed by atoms with Gasteiger partial charge in [0.25, 0.3) is 0 Å². The maximum atomic E-state index is 12.9. The minimum atomic E-state index is -0.511. The molecule has 0 fully saturated rings. The molecule has 6 nitrogen and oxygen atoms in total. The standard InChI is InChI=1S/C12H16FN3O3/c1-2-19-12(18)8-14-16-15-11(17)7-9-4-3-5-10(13)6-9/h3,5-6,9H,2,4,7-8H2,1H3,(H,14,15,17). The van der Waals surface area contributed by atoms with Gasteiger partial charge in [-0.05, 0) is 31.4 Å². The van der Waals surface area contributed by atoms with Crippen LogP contribution < -0.4 is 5.43 Å². The molecule has 1 atom stereocenters. The number of hydrogen-bond acceptors (Lipinski definition) is 5. The number of ether oxygens (including phenoxy) is 1. The highest BCUT2D eigenvalue weighted by atomic mass is 19.1. The van der Waals surface area contributed by atoms with Crippen molar-refractivity contribution in [2.45, 2.75) is 19.8 Å². The van der Waals surface area contributed by atoms with Gasteiger partial charge in [0.05, 0.1) is 6.61 Å². The number of rotatable bonds is 6. The summed E-state index contributed by atoms with van der Waals surface area (Å²) in [6, 6.07) is 0. The second kappa shape index (κ2) is 8.12. The van der Waals surface area contributed by atoms with Crippen molar-refractivity contribution in [2.24, 2.45) is 16.3 Å². The molecule has 0 saturated carbocycles. The second-order valence-corrected chi connectivity index (χ2v) is 3.89. The van der Waals surface area contributed by atoms with Gasteiger partial charge in [-0.2, -0.15) is 5.11 Å². The molecule has 1 aliphatic rings. The lowest BCUT2D eigenvalue weighted by atomic mass is 9.97. The van der Waals surface area contributed by atoms with E-state index in [4.69, 9.17) is 0 Å². The predicted molar refractivity (Wildman–Crippen MR) is 65.6 cm³/mol. The fourth-order valence-electron chi connectivity index (χ4n) is 1.52. The van der Waals surface area contributed by atoms with E-state index in [1.165, 1.54) is 12.2 Å². The summed E-state index contributed by atoms with van der Waals surface area (Å²) in [7, 11) is 0. The normalized spacial score (nSPS) is 18.2. The first kappa shape index (κ1) is 15.0. The molecule has 1 aliphatic carbocycles. The number of carbonyl (C=O) groups excluding carboxylic acids is 2. The zero-order valence-electron chi connectivity index (χ0n) is 10.6. The van der Waals surface area contributed by atoms with Crippen LogP contribution in [0.5, 0.6) is 0 Å². The average molecular weight is 269 g/mol. The number of esters is 1. The number of nitrogens with zero attached hydrogens (tertiary/aromatic N) is 2. The molecule has 104 valence electrons. The van der Waals surface area contributed by atoms with Gasteiger partial charge in [0, 0.05) is 6.42 Å². The summed E-state index contributed by atoms with van der Waals surface area (Å²) < 4.78 is 17.5. The number of amides is 1. The molecule has 7 heteroatoms. The van der Waals surface area contributed by atoms with Crippen LogP contribution in [-0.4, -0.2) is 25.0 Å². The highest BCUT2D eigenvalue weighted by Gasteiger charge is 2.13. The maximum absolute atomic E-state index is 12.9. The molecule has 0 aliphatic heterocycles. The van der Waals surface area contributed by atoms with Gasteiger partial charge in [0.15, 0.2) is 6.54 Å². The maximum Gasteiger partial charge on any atom is 0.329 e. The minimum absolute atomic E-state index is 0.121. The van der Waals surface area contributed by atoms with E-state index in [2.05, 4.69) is 20.5 Å². The van der Waals surface area contributed by atoms with Gasteiger partial charge < -0.3 is 4.74 Å². The third kappa shape index (κ3) is 6.44. The first-order chi connectivity index (χ1) is 9.11. The second-order valence-electron chi connectivity index (χ2n) is 3.89. The monoisotopic (exact) mass is 269 g/mol. The van der Waals surface area contributed by atoms with Gasteiger partial charge >= 0.3 is 5.97 Å². The summed E-state index contributed by atoms with van der Waals surface area (Å²) in [5, 5.41) is 6.82. The van der Waals surface area contributed by atoms with Gasteiger partial charge in [-0.1, -0.05) is 11.3 Å². The summed E-state index contributed by atoms with van der Waals surface area (Å²) in [5.41, 5.74) is 2.18. The van der Waals surface area contributed by atoms with Crippen molar-refractivity contribution in [1.82, 2.24) is 5.43 Å². The lowest BCUT2D eigenvalue weighted by Crippen LogP contribution is -2.20. The molecule has 1 rings (SSSR count). The Labute approximate surface area is 110 Å². The molecule has 1 amide bonds. The number of halogens is 1. The average Bonchev–Trinajstić information content (AvgIpc) is 2.35. The molecule has 0 bridgehead atoms. The zero-order valence-corrected chi connectivity index (χ0v) is 10.6. The van der Waals surface area contributed by atoms with Gasteiger partial charge in [-0.25, -0.2) is 14.6 Å². The van der Waals surface area contributed by atoms with Crippen molar-refractivity contribution in [3.05, 3.63) is 24.1 Å². The number of hydrogen-bond donors (Lipinski definition) is 1. The quantitative estimate of drug-likeness (QED) is 0.454. The summed E-state index contributed by atoms with van der Waals surface area (Å²) >= 11 is 0. The molecule has 19 heavy (non-hydrogen) atoms. The first-order valence-corrected chi connectivity index (χ1v) is 5.96. The van der Waals surface area contributed by atoms with Crippen molar-refractivity contribution in [3.63, 3.8) is 0 Å². The number of nitrogens with one attached hydrogen (secondary N) is 1. The van der Waals surface area contributed by atoms with Crippen LogP contribution in [0.2, 0.25) is 0 Å². The van der Waals surface area contributed by atoms with E-state index in [1.54, 1.807) is 13.0 Å². The topological polar surface area (TPSA) is 80.1 Å². The van der Waals surface area contributed by atoms with Gasteiger partial charge in [-0.15, -0.1) is 0 Å². The van der Waals surface area contributed by atoms with E-state index < -0.39 is 5.97 Å². The van der Waals surface area contributed by atoms with Crippen LogP contribution >= 0.6 is 0 Å². The van der Waals surface area contributed by atoms with E-state index in [9.17, 15) is 14.0 Å². The molecule has 1 unspecified atom stereocenters. The third-order valence-corrected chi connectivity index (χ3v) is 2.31. The molecule has 0 saturated heterocycles. The van der Waals surface area contributed by atoms with Crippen molar-refractivity contribution in [2.75, 3.05) is 13.2 Å². The molecule has 0 aromatic carbocycles. The van der Waals surface area contributed by atoms with E-state index >= 15 is 0 Å². The van der Waals surface area contributed by atoms with Crippen molar-refractivity contribution in [1.29, 1.82) is 0 Å². The SMILES string of the molecule is CCOC(=O)CN=NNC(=O)CC1C=C(F)C=CC1. The van der Waals surface area contributed by atoms with Gasteiger partial charge in [0.2, 0.25) is 5.91 Å². The van der Waals surface area contributed by atoms with Crippen LogP contribution in [0.4, 0.5) is 4.39 Å². The molecule has 0 radical (unpaired) electrons. The highest BCUT2D eigenvalue weighted by molar-refractivity contribution is 5.76. The smallest absolute Gasteiger partial charge is 0.329 e. The molecule has 0 heterocycles. The molecular weight excluding hydrogens is 253 g/mol. The summed E-state index contributed by atoms with van der Waals surface area (Å²) in [5.74, 6) is -1.40. The van der Waals surface area contributed by atoms with Crippen molar-refractivity contribution >= 4 is 11.9 Å². The van der Waals surface area contributed by atoms with Crippen LogP contribution in [0.15, 0.2) is 34.4 Å². The Morgan fingerprint density at radius 1 is 1.58 bits per heavy atom. The Morgan fingerprint density at radius 2 is 2.37 bits per heavy atom. The molecule has 0 aromatic rings.